The lowest BCUT2D eigenvalue weighted by atomic mass is 9.44. The van der Waals surface area contributed by atoms with Gasteiger partial charge in [-0.3, -0.25) is 0 Å². The normalized spacial score (nSPS) is 54.0. The van der Waals surface area contributed by atoms with E-state index in [1.807, 2.05) is 6.08 Å². The number of allylic oxidation sites excluding steroid dienone is 2. The molecule has 4 saturated carbocycles. The Morgan fingerprint density at radius 3 is 2.61 bits per heavy atom. The third kappa shape index (κ3) is 2.16. The monoisotopic (exact) mass is 311 g/mol. The van der Waals surface area contributed by atoms with Crippen LogP contribution in [0.4, 0.5) is 0 Å². The second-order valence-corrected chi connectivity index (χ2v) is 9.84. The molecule has 0 aromatic carbocycles. The van der Waals surface area contributed by atoms with Gasteiger partial charge in [0.1, 0.15) is 0 Å². The van der Waals surface area contributed by atoms with E-state index < -0.39 is 0 Å². The summed E-state index contributed by atoms with van der Waals surface area (Å²) < 4.78 is 0. The van der Waals surface area contributed by atoms with E-state index in [0.717, 1.165) is 29.6 Å². The molecule has 23 heavy (non-hydrogen) atoms. The van der Waals surface area contributed by atoms with Crippen molar-refractivity contribution < 1.29 is 0 Å². The van der Waals surface area contributed by atoms with Crippen molar-refractivity contribution in [2.45, 2.75) is 78.6 Å². The van der Waals surface area contributed by atoms with Gasteiger partial charge in [-0.1, -0.05) is 32.8 Å². The van der Waals surface area contributed by atoms with E-state index in [4.69, 9.17) is 5.26 Å². The minimum atomic E-state index is 0.348. The van der Waals surface area contributed by atoms with Gasteiger partial charge in [-0.25, -0.2) is 0 Å². The highest BCUT2D eigenvalue weighted by molar-refractivity contribution is 5.28. The summed E-state index contributed by atoms with van der Waals surface area (Å²) in [7, 11) is 0. The highest BCUT2D eigenvalue weighted by atomic mass is 14.6. The molecular weight excluding hydrogens is 278 g/mol. The average Bonchev–Trinajstić information content (AvgIpc) is 2.84. The predicted octanol–water partition coefficient (Wildman–Crippen LogP) is 6.12. The lowest BCUT2D eigenvalue weighted by Gasteiger charge is -2.60. The van der Waals surface area contributed by atoms with Crippen LogP contribution in [-0.2, 0) is 0 Å². The first-order valence-corrected chi connectivity index (χ1v) is 10.1. The molecule has 0 bridgehead atoms. The van der Waals surface area contributed by atoms with Crippen LogP contribution in [0.2, 0.25) is 0 Å². The minimum absolute atomic E-state index is 0.348. The summed E-state index contributed by atoms with van der Waals surface area (Å²) >= 11 is 0. The van der Waals surface area contributed by atoms with Gasteiger partial charge in [0, 0.05) is 6.08 Å². The van der Waals surface area contributed by atoms with Gasteiger partial charge >= 0.3 is 0 Å². The van der Waals surface area contributed by atoms with Crippen LogP contribution in [0.1, 0.15) is 78.6 Å². The molecule has 3 unspecified atom stereocenters. The molecule has 1 heteroatoms. The molecule has 0 amide bonds. The molecule has 0 heterocycles. The summed E-state index contributed by atoms with van der Waals surface area (Å²) in [6.07, 6.45) is 14.6. The standard InChI is InChI=1S/C22H33N/c1-15-4-5-16-6-8-18-19-9-7-17(11-13-23)21(19,2)12-10-20(18)22(16,3)14-15/h11,15-16,18-20H,4-10,12,14H2,1-3H3/b17-11-/t15-,16?,18+,19?,20?,21-,22+/m1/s1. The Morgan fingerprint density at radius 1 is 1.04 bits per heavy atom. The Kier molecular flexibility index (Phi) is 3.67. The van der Waals surface area contributed by atoms with Crippen molar-refractivity contribution in [2.75, 3.05) is 0 Å². The molecule has 4 fully saturated rings. The summed E-state index contributed by atoms with van der Waals surface area (Å²) in [6.45, 7) is 7.64. The second-order valence-electron chi connectivity index (χ2n) is 9.84. The van der Waals surface area contributed by atoms with Crippen molar-refractivity contribution in [1.82, 2.24) is 0 Å². The second kappa shape index (κ2) is 5.37. The zero-order chi connectivity index (χ0) is 16.2. The van der Waals surface area contributed by atoms with Gasteiger partial charge < -0.3 is 0 Å². The number of rotatable bonds is 0. The zero-order valence-corrected chi connectivity index (χ0v) is 15.3. The number of fused-ring (bicyclic) bond motifs is 5. The molecule has 4 aliphatic rings. The summed E-state index contributed by atoms with van der Waals surface area (Å²) in [5, 5.41) is 9.16. The fourth-order valence-corrected chi connectivity index (χ4v) is 7.83. The van der Waals surface area contributed by atoms with Crippen molar-refractivity contribution in [2.24, 2.45) is 40.4 Å². The van der Waals surface area contributed by atoms with E-state index in [1.54, 1.807) is 0 Å². The molecule has 7 atom stereocenters. The summed E-state index contributed by atoms with van der Waals surface area (Å²) in [5.74, 6) is 4.69. The molecule has 0 spiro atoms. The molecule has 4 aliphatic carbocycles. The highest BCUT2D eigenvalue weighted by Gasteiger charge is 2.58. The Morgan fingerprint density at radius 2 is 1.83 bits per heavy atom. The molecule has 1 nitrogen and oxygen atoms in total. The number of nitrogens with zero attached hydrogens (tertiary/aromatic N) is 1. The highest BCUT2D eigenvalue weighted by Crippen LogP contribution is 2.67. The van der Waals surface area contributed by atoms with Gasteiger partial charge in [0.25, 0.3) is 0 Å². The van der Waals surface area contributed by atoms with Crippen LogP contribution in [0.5, 0.6) is 0 Å². The molecule has 0 aliphatic heterocycles. The maximum atomic E-state index is 9.16. The first-order chi connectivity index (χ1) is 11.0. The van der Waals surface area contributed by atoms with E-state index in [0.29, 0.717) is 10.8 Å². The van der Waals surface area contributed by atoms with Crippen molar-refractivity contribution in [1.29, 1.82) is 5.26 Å². The van der Waals surface area contributed by atoms with Crippen LogP contribution < -0.4 is 0 Å². The smallest absolute Gasteiger partial charge is 0.0911 e. The van der Waals surface area contributed by atoms with Crippen LogP contribution in [-0.4, -0.2) is 0 Å². The van der Waals surface area contributed by atoms with Gasteiger partial charge in [0.15, 0.2) is 0 Å². The summed E-state index contributed by atoms with van der Waals surface area (Å²) in [4.78, 5) is 0. The maximum absolute atomic E-state index is 9.16. The molecule has 0 N–H and O–H groups in total. The van der Waals surface area contributed by atoms with Gasteiger partial charge in [-0.05, 0) is 91.8 Å². The number of hydrogen-bond donors (Lipinski definition) is 0. The van der Waals surface area contributed by atoms with Crippen molar-refractivity contribution in [3.05, 3.63) is 11.6 Å². The van der Waals surface area contributed by atoms with Crippen molar-refractivity contribution in [3.8, 4) is 6.07 Å². The zero-order valence-electron chi connectivity index (χ0n) is 15.3. The van der Waals surface area contributed by atoms with E-state index in [-0.39, 0.29) is 0 Å². The van der Waals surface area contributed by atoms with E-state index in [2.05, 4.69) is 26.8 Å². The Hall–Kier alpha value is -0.770. The topological polar surface area (TPSA) is 23.8 Å². The largest absolute Gasteiger partial charge is 0.193 e. The van der Waals surface area contributed by atoms with Crippen molar-refractivity contribution in [3.63, 3.8) is 0 Å². The van der Waals surface area contributed by atoms with Crippen molar-refractivity contribution >= 4 is 0 Å². The van der Waals surface area contributed by atoms with E-state index in [9.17, 15) is 0 Å². The molecule has 0 aromatic heterocycles. The molecular formula is C22H33N. The Bertz CT molecular complexity index is 555. The minimum Gasteiger partial charge on any atom is -0.193 e. The number of hydrogen-bond acceptors (Lipinski definition) is 1. The molecule has 126 valence electrons. The van der Waals surface area contributed by atoms with Gasteiger partial charge in [-0.15, -0.1) is 0 Å². The average molecular weight is 312 g/mol. The Labute approximate surface area is 142 Å². The summed E-state index contributed by atoms with van der Waals surface area (Å²) in [6, 6.07) is 2.34. The van der Waals surface area contributed by atoms with Crippen LogP contribution in [0.15, 0.2) is 11.6 Å². The third-order valence-electron chi connectivity index (χ3n) is 8.95. The fourth-order valence-electron chi connectivity index (χ4n) is 7.83. The predicted molar refractivity (Wildman–Crippen MR) is 94.6 cm³/mol. The first kappa shape index (κ1) is 15.7. The lowest BCUT2D eigenvalue weighted by molar-refractivity contribution is -0.106. The molecule has 0 aromatic rings. The van der Waals surface area contributed by atoms with Gasteiger partial charge in [0.05, 0.1) is 6.07 Å². The SMILES string of the molecule is C[C@@H]1CCC2CC[C@@H]3C(CC[C@]4(C)/C(=C\C#N)CCC34)[C@@]2(C)C1. The van der Waals surface area contributed by atoms with Gasteiger partial charge in [-0.2, -0.15) is 5.26 Å². The van der Waals surface area contributed by atoms with E-state index >= 15 is 0 Å². The van der Waals surface area contributed by atoms with Crippen LogP contribution in [0, 0.1) is 51.8 Å². The summed E-state index contributed by atoms with van der Waals surface area (Å²) in [5.41, 5.74) is 2.44. The quantitative estimate of drug-likeness (QED) is 0.495. The molecule has 0 radical (unpaired) electrons. The fraction of sp³-hybridized carbons (Fsp3) is 0.864. The maximum Gasteiger partial charge on any atom is 0.0911 e. The van der Waals surface area contributed by atoms with E-state index in [1.165, 1.54) is 63.4 Å². The third-order valence-corrected chi connectivity index (χ3v) is 8.95. The van der Waals surface area contributed by atoms with Crippen LogP contribution in [0.25, 0.3) is 0 Å². The molecule has 4 rings (SSSR count). The first-order valence-electron chi connectivity index (χ1n) is 10.1. The van der Waals surface area contributed by atoms with Crippen LogP contribution >= 0.6 is 0 Å². The number of nitriles is 1. The molecule has 0 saturated heterocycles. The Balaban J connectivity index is 1.65. The van der Waals surface area contributed by atoms with Gasteiger partial charge in [0.2, 0.25) is 0 Å². The van der Waals surface area contributed by atoms with Crippen LogP contribution in [0.3, 0.4) is 0 Å². The lowest BCUT2D eigenvalue weighted by Crippen LogP contribution is -2.52.